The maximum Gasteiger partial charge on any atom is 0.356 e. The first-order chi connectivity index (χ1) is 12.2. The average molecular weight is 377 g/mol. The Balaban J connectivity index is 2.18. The third kappa shape index (κ3) is 3.33. The summed E-state index contributed by atoms with van der Waals surface area (Å²) in [6, 6.07) is 9.13. The highest BCUT2D eigenvalue weighted by Crippen LogP contribution is 2.33. The molecule has 0 saturated carbocycles. The van der Waals surface area contributed by atoms with E-state index in [1.54, 1.807) is 6.07 Å². The molecule has 3 aromatic rings. The van der Waals surface area contributed by atoms with E-state index in [9.17, 15) is 34.1 Å². The van der Waals surface area contributed by atoms with Gasteiger partial charge in [-0.3, -0.25) is 28.8 Å². The number of nitro benzene ring substituents is 1. The predicted molar refractivity (Wildman–Crippen MR) is 92.7 cm³/mol. The molecule has 0 atom stereocenters. The number of non-ortho nitro benzene ring substituents is 1. The van der Waals surface area contributed by atoms with Crippen molar-refractivity contribution in [2.75, 3.05) is 0 Å². The number of fused-ring (bicyclic) bond motifs is 1. The monoisotopic (exact) mass is 377 g/mol. The number of hydrogen-bond acceptors (Lipinski definition) is 5. The highest BCUT2D eigenvalue weighted by molar-refractivity contribution is 7.60. The van der Waals surface area contributed by atoms with Crippen LogP contribution in [0.1, 0.15) is 5.56 Å². The normalized spacial score (nSPS) is 11.6. The average Bonchev–Trinajstić information content (AvgIpc) is 2.58. The first-order valence-corrected chi connectivity index (χ1v) is 8.84. The molecular weight excluding hydrogens is 365 g/mol. The standard InChI is InChI=1S/C15H12N3O7P/c19-14-15(20)17(8-9-2-1-3-11(6-9)26(23,24)25)13-5-4-10(18(21)22)7-12(13)16-14/h1-7H,8H2,(H,16,19)(H2,23,24,25). The Labute approximate surface area is 144 Å². The van der Waals surface area contributed by atoms with Gasteiger partial charge in [-0.25, -0.2) is 0 Å². The fraction of sp³-hybridized carbons (Fsp3) is 0.0667. The number of nitro groups is 1. The Morgan fingerprint density at radius 1 is 1.15 bits per heavy atom. The van der Waals surface area contributed by atoms with Crippen molar-refractivity contribution in [1.29, 1.82) is 0 Å². The van der Waals surface area contributed by atoms with E-state index in [-0.39, 0.29) is 28.6 Å². The van der Waals surface area contributed by atoms with Crippen molar-refractivity contribution in [3.8, 4) is 0 Å². The van der Waals surface area contributed by atoms with Crippen LogP contribution in [-0.4, -0.2) is 24.3 Å². The molecule has 0 unspecified atom stereocenters. The van der Waals surface area contributed by atoms with Gasteiger partial charge in [0.05, 0.1) is 27.8 Å². The van der Waals surface area contributed by atoms with Gasteiger partial charge in [0.2, 0.25) is 0 Å². The SMILES string of the molecule is O=c1[nH]c2cc([N+](=O)[O-])ccc2n(Cc2cccc(P(=O)(O)O)c2)c1=O. The molecule has 0 amide bonds. The van der Waals surface area contributed by atoms with E-state index < -0.39 is 23.6 Å². The molecule has 0 bridgehead atoms. The quantitative estimate of drug-likeness (QED) is 0.258. The summed E-state index contributed by atoms with van der Waals surface area (Å²) in [4.78, 5) is 55.1. The first kappa shape index (κ1) is 17.7. The fourth-order valence-electron chi connectivity index (χ4n) is 2.56. The van der Waals surface area contributed by atoms with E-state index in [0.717, 1.165) is 10.6 Å². The Morgan fingerprint density at radius 3 is 2.54 bits per heavy atom. The topological polar surface area (TPSA) is 156 Å². The van der Waals surface area contributed by atoms with Crippen molar-refractivity contribution in [3.63, 3.8) is 0 Å². The van der Waals surface area contributed by atoms with Gasteiger partial charge in [-0.05, 0) is 23.8 Å². The Bertz CT molecular complexity index is 1190. The molecule has 10 nitrogen and oxygen atoms in total. The molecule has 0 aliphatic heterocycles. The Hall–Kier alpha value is -3.07. The summed E-state index contributed by atoms with van der Waals surface area (Å²) in [6.45, 7) is -0.134. The molecule has 0 aliphatic rings. The third-order valence-corrected chi connectivity index (χ3v) is 4.71. The van der Waals surface area contributed by atoms with E-state index in [1.807, 2.05) is 0 Å². The lowest BCUT2D eigenvalue weighted by molar-refractivity contribution is -0.384. The summed E-state index contributed by atoms with van der Waals surface area (Å²) in [6.07, 6.45) is 0. The second-order valence-corrected chi connectivity index (χ2v) is 7.12. The van der Waals surface area contributed by atoms with E-state index in [4.69, 9.17) is 0 Å². The summed E-state index contributed by atoms with van der Waals surface area (Å²) in [5, 5.41) is 10.7. The Morgan fingerprint density at radius 2 is 1.88 bits per heavy atom. The van der Waals surface area contributed by atoms with E-state index in [0.29, 0.717) is 5.56 Å². The fourth-order valence-corrected chi connectivity index (χ4v) is 3.17. The molecule has 0 aliphatic carbocycles. The van der Waals surface area contributed by atoms with E-state index >= 15 is 0 Å². The summed E-state index contributed by atoms with van der Waals surface area (Å²) < 4.78 is 12.5. The maximum atomic E-state index is 12.2. The summed E-state index contributed by atoms with van der Waals surface area (Å²) in [5.41, 5.74) is -1.34. The molecule has 0 fully saturated rings. The lowest BCUT2D eigenvalue weighted by Crippen LogP contribution is -2.36. The van der Waals surface area contributed by atoms with Gasteiger partial charge in [0.15, 0.2) is 0 Å². The van der Waals surface area contributed by atoms with E-state index in [1.165, 1.54) is 30.3 Å². The second kappa shape index (κ2) is 6.34. The number of H-pyrrole nitrogens is 1. The smallest absolute Gasteiger partial charge is 0.321 e. The largest absolute Gasteiger partial charge is 0.356 e. The molecule has 26 heavy (non-hydrogen) atoms. The highest BCUT2D eigenvalue weighted by atomic mass is 31.2. The van der Waals surface area contributed by atoms with Crippen LogP contribution in [-0.2, 0) is 11.1 Å². The molecule has 1 heterocycles. The van der Waals surface area contributed by atoms with Crippen LogP contribution < -0.4 is 16.4 Å². The van der Waals surface area contributed by atoms with Crippen molar-refractivity contribution in [2.45, 2.75) is 6.54 Å². The number of nitrogens with zero attached hydrogens (tertiary/aromatic N) is 2. The van der Waals surface area contributed by atoms with E-state index in [2.05, 4.69) is 4.98 Å². The third-order valence-electron chi connectivity index (χ3n) is 3.76. The van der Waals surface area contributed by atoms with Gasteiger partial charge < -0.3 is 14.8 Å². The molecule has 2 aromatic carbocycles. The number of benzene rings is 2. The minimum absolute atomic E-state index is 0.106. The minimum atomic E-state index is -4.47. The van der Waals surface area contributed by atoms with Crippen LogP contribution in [0, 0.1) is 10.1 Å². The van der Waals surface area contributed by atoms with Gasteiger partial charge in [-0.2, -0.15) is 0 Å². The molecule has 134 valence electrons. The molecule has 3 rings (SSSR count). The van der Waals surface area contributed by atoms with Crippen LogP contribution in [0.3, 0.4) is 0 Å². The van der Waals surface area contributed by atoms with Gasteiger partial charge >= 0.3 is 18.7 Å². The van der Waals surface area contributed by atoms with Gasteiger partial charge in [-0.1, -0.05) is 12.1 Å². The zero-order valence-electron chi connectivity index (χ0n) is 13.0. The Kier molecular flexibility index (Phi) is 4.33. The zero-order chi connectivity index (χ0) is 19.1. The summed E-state index contributed by atoms with van der Waals surface area (Å²) in [5.74, 6) is 0. The summed E-state index contributed by atoms with van der Waals surface area (Å²) in [7, 11) is -4.47. The molecular formula is C15H12N3O7P. The predicted octanol–water partition coefficient (Wildman–Crippen LogP) is 0.449. The van der Waals surface area contributed by atoms with Gasteiger partial charge in [-0.15, -0.1) is 0 Å². The number of hydrogen-bond donors (Lipinski definition) is 3. The molecule has 1 aromatic heterocycles. The zero-order valence-corrected chi connectivity index (χ0v) is 13.9. The molecule has 3 N–H and O–H groups in total. The second-order valence-electron chi connectivity index (χ2n) is 5.52. The number of aromatic amines is 1. The molecule has 0 radical (unpaired) electrons. The van der Waals surface area contributed by atoms with Crippen LogP contribution in [0.15, 0.2) is 52.1 Å². The van der Waals surface area contributed by atoms with Crippen molar-refractivity contribution >= 4 is 29.6 Å². The highest BCUT2D eigenvalue weighted by Gasteiger charge is 2.18. The molecule has 0 spiro atoms. The number of aromatic nitrogens is 2. The lowest BCUT2D eigenvalue weighted by atomic mass is 10.2. The molecule has 0 saturated heterocycles. The van der Waals surface area contributed by atoms with Crippen molar-refractivity contribution in [3.05, 3.63) is 78.8 Å². The maximum absolute atomic E-state index is 12.2. The van der Waals surface area contributed by atoms with Crippen molar-refractivity contribution < 1.29 is 19.3 Å². The summed E-state index contributed by atoms with van der Waals surface area (Å²) >= 11 is 0. The minimum Gasteiger partial charge on any atom is -0.321 e. The lowest BCUT2D eigenvalue weighted by Gasteiger charge is -2.11. The van der Waals surface area contributed by atoms with Gasteiger partial charge in [0, 0.05) is 12.1 Å². The van der Waals surface area contributed by atoms with Gasteiger partial charge in [0.1, 0.15) is 0 Å². The van der Waals surface area contributed by atoms with Gasteiger partial charge in [0.25, 0.3) is 5.69 Å². The van der Waals surface area contributed by atoms with Crippen LogP contribution in [0.25, 0.3) is 11.0 Å². The van der Waals surface area contributed by atoms with Crippen molar-refractivity contribution in [1.82, 2.24) is 9.55 Å². The van der Waals surface area contributed by atoms with Crippen LogP contribution in [0.4, 0.5) is 5.69 Å². The van der Waals surface area contributed by atoms with Crippen LogP contribution in [0.2, 0.25) is 0 Å². The number of rotatable bonds is 4. The first-order valence-electron chi connectivity index (χ1n) is 7.23. The van der Waals surface area contributed by atoms with Crippen LogP contribution in [0.5, 0.6) is 0 Å². The molecule has 11 heteroatoms. The van der Waals surface area contributed by atoms with Crippen molar-refractivity contribution in [2.24, 2.45) is 0 Å². The number of nitrogens with one attached hydrogen (secondary N) is 1. The van der Waals surface area contributed by atoms with Crippen LogP contribution >= 0.6 is 7.60 Å².